The lowest BCUT2D eigenvalue weighted by Gasteiger charge is -2.42. The number of morpholine rings is 1. The number of nitrogens with zero attached hydrogens (tertiary/aromatic N) is 1. The standard InChI is InChI=1S/C11H21NO4S/c1-15-8-9-17(13,14)12-6-7-16-11-5-3-2-4-10(11)12/h10-11H,2-9H2,1H3/t10-,11+/m1/s1. The molecule has 2 fully saturated rings. The molecule has 0 amide bonds. The van der Waals surface area contributed by atoms with Crippen LogP contribution in [0.4, 0.5) is 0 Å². The highest BCUT2D eigenvalue weighted by Crippen LogP contribution is 2.30. The van der Waals surface area contributed by atoms with Gasteiger partial charge < -0.3 is 9.47 Å². The highest BCUT2D eigenvalue weighted by molar-refractivity contribution is 7.89. The first-order valence-corrected chi connectivity index (χ1v) is 7.86. The Hall–Kier alpha value is -0.170. The lowest BCUT2D eigenvalue weighted by Crippen LogP contribution is -2.55. The number of ether oxygens (including phenoxy) is 2. The molecule has 0 spiro atoms. The summed E-state index contributed by atoms with van der Waals surface area (Å²) in [7, 11) is -1.66. The van der Waals surface area contributed by atoms with Gasteiger partial charge in [0.15, 0.2) is 0 Å². The Labute approximate surface area is 103 Å². The van der Waals surface area contributed by atoms with Crippen molar-refractivity contribution in [3.8, 4) is 0 Å². The predicted octanol–water partition coefficient (Wildman–Crippen LogP) is 0.606. The zero-order valence-corrected chi connectivity index (χ0v) is 11.1. The number of rotatable bonds is 4. The van der Waals surface area contributed by atoms with Gasteiger partial charge in [-0.3, -0.25) is 0 Å². The van der Waals surface area contributed by atoms with E-state index in [0.717, 1.165) is 25.7 Å². The van der Waals surface area contributed by atoms with E-state index in [1.807, 2.05) is 0 Å². The van der Waals surface area contributed by atoms with Crippen LogP contribution < -0.4 is 0 Å². The Morgan fingerprint density at radius 3 is 2.88 bits per heavy atom. The van der Waals surface area contributed by atoms with Crippen LogP contribution >= 0.6 is 0 Å². The molecule has 1 aliphatic carbocycles. The van der Waals surface area contributed by atoms with Crippen LogP contribution in [0.3, 0.4) is 0 Å². The average Bonchev–Trinajstić information content (AvgIpc) is 2.36. The molecule has 0 radical (unpaired) electrons. The Morgan fingerprint density at radius 1 is 1.35 bits per heavy atom. The lowest BCUT2D eigenvalue weighted by atomic mass is 9.91. The zero-order valence-electron chi connectivity index (χ0n) is 10.3. The summed E-state index contributed by atoms with van der Waals surface area (Å²) >= 11 is 0. The van der Waals surface area contributed by atoms with E-state index in [9.17, 15) is 8.42 Å². The largest absolute Gasteiger partial charge is 0.384 e. The summed E-state index contributed by atoms with van der Waals surface area (Å²) in [6.07, 6.45) is 4.26. The van der Waals surface area contributed by atoms with Crippen LogP contribution in [-0.4, -0.2) is 57.5 Å². The average molecular weight is 263 g/mol. The van der Waals surface area contributed by atoms with Gasteiger partial charge in [-0.05, 0) is 12.8 Å². The van der Waals surface area contributed by atoms with Gasteiger partial charge in [0.25, 0.3) is 0 Å². The SMILES string of the molecule is COCCS(=O)(=O)N1CCO[C@H]2CCCC[C@H]21. The van der Waals surface area contributed by atoms with Gasteiger partial charge in [-0.15, -0.1) is 0 Å². The van der Waals surface area contributed by atoms with Crippen molar-refractivity contribution in [1.29, 1.82) is 0 Å². The maximum atomic E-state index is 12.2. The zero-order chi connectivity index (χ0) is 12.3. The van der Waals surface area contributed by atoms with E-state index in [4.69, 9.17) is 9.47 Å². The monoisotopic (exact) mass is 263 g/mol. The topological polar surface area (TPSA) is 55.8 Å². The fourth-order valence-electron chi connectivity index (χ4n) is 2.71. The van der Waals surface area contributed by atoms with Crippen molar-refractivity contribution >= 4 is 10.0 Å². The molecule has 0 bridgehead atoms. The summed E-state index contributed by atoms with van der Waals surface area (Å²) < 4.78 is 36.6. The second-order valence-electron chi connectivity index (χ2n) is 4.68. The summed E-state index contributed by atoms with van der Waals surface area (Å²) in [6.45, 7) is 1.28. The molecule has 1 heterocycles. The molecular formula is C11H21NO4S. The number of hydrogen-bond donors (Lipinski definition) is 0. The van der Waals surface area contributed by atoms with Crippen LogP contribution in [0.5, 0.6) is 0 Å². The molecule has 0 aromatic rings. The minimum absolute atomic E-state index is 0.0550. The first-order chi connectivity index (χ1) is 8.15. The first-order valence-electron chi connectivity index (χ1n) is 6.25. The van der Waals surface area contributed by atoms with Crippen LogP contribution in [-0.2, 0) is 19.5 Å². The van der Waals surface area contributed by atoms with Crippen LogP contribution in [0.1, 0.15) is 25.7 Å². The van der Waals surface area contributed by atoms with Gasteiger partial charge in [-0.25, -0.2) is 8.42 Å². The van der Waals surface area contributed by atoms with Crippen molar-refractivity contribution in [2.45, 2.75) is 37.8 Å². The minimum Gasteiger partial charge on any atom is -0.384 e. The van der Waals surface area contributed by atoms with E-state index in [1.54, 1.807) is 4.31 Å². The number of hydrogen-bond acceptors (Lipinski definition) is 4. The fourth-order valence-corrected chi connectivity index (χ4v) is 4.33. The third kappa shape index (κ3) is 2.99. The fraction of sp³-hybridized carbons (Fsp3) is 1.00. The molecule has 1 aliphatic heterocycles. The van der Waals surface area contributed by atoms with Gasteiger partial charge >= 0.3 is 0 Å². The molecule has 2 aliphatic rings. The summed E-state index contributed by atoms with van der Waals surface area (Å²) in [5, 5.41) is 0. The summed E-state index contributed by atoms with van der Waals surface area (Å²) in [4.78, 5) is 0. The highest BCUT2D eigenvalue weighted by atomic mass is 32.2. The maximum absolute atomic E-state index is 12.2. The molecule has 100 valence electrons. The Balaban J connectivity index is 2.07. The van der Waals surface area contributed by atoms with E-state index >= 15 is 0 Å². The molecule has 1 saturated heterocycles. The molecule has 2 rings (SSSR count). The molecule has 17 heavy (non-hydrogen) atoms. The molecule has 0 aromatic carbocycles. The summed E-state index contributed by atoms with van der Waals surface area (Å²) in [5.74, 6) is 0.0761. The molecule has 1 saturated carbocycles. The molecule has 5 nitrogen and oxygen atoms in total. The predicted molar refractivity (Wildman–Crippen MR) is 64.4 cm³/mol. The van der Waals surface area contributed by atoms with Crippen molar-refractivity contribution in [2.75, 3.05) is 32.6 Å². The van der Waals surface area contributed by atoms with Crippen molar-refractivity contribution in [1.82, 2.24) is 4.31 Å². The number of methoxy groups -OCH3 is 1. The van der Waals surface area contributed by atoms with Gasteiger partial charge in [0, 0.05) is 13.7 Å². The highest BCUT2D eigenvalue weighted by Gasteiger charge is 2.39. The van der Waals surface area contributed by atoms with Gasteiger partial charge in [0.05, 0.1) is 31.1 Å². The minimum atomic E-state index is -3.19. The Kier molecular flexibility index (Phi) is 4.41. The molecule has 0 aromatic heterocycles. The summed E-state index contributed by atoms with van der Waals surface area (Å²) in [5.41, 5.74) is 0. The van der Waals surface area contributed by atoms with E-state index in [1.165, 1.54) is 7.11 Å². The third-order valence-electron chi connectivity index (χ3n) is 3.58. The van der Waals surface area contributed by atoms with E-state index < -0.39 is 10.0 Å². The van der Waals surface area contributed by atoms with Gasteiger partial charge in [-0.1, -0.05) is 12.8 Å². The van der Waals surface area contributed by atoms with E-state index in [0.29, 0.717) is 13.2 Å². The molecule has 2 atom stereocenters. The molecule has 6 heteroatoms. The van der Waals surface area contributed by atoms with Gasteiger partial charge in [-0.2, -0.15) is 4.31 Å². The van der Waals surface area contributed by atoms with Gasteiger partial charge in [0.2, 0.25) is 10.0 Å². The van der Waals surface area contributed by atoms with Crippen molar-refractivity contribution < 1.29 is 17.9 Å². The molecule has 0 unspecified atom stereocenters. The maximum Gasteiger partial charge on any atom is 0.216 e. The number of sulfonamides is 1. The Bertz CT molecular complexity index is 341. The molecule has 0 N–H and O–H groups in total. The van der Waals surface area contributed by atoms with Crippen molar-refractivity contribution in [2.24, 2.45) is 0 Å². The Morgan fingerprint density at radius 2 is 2.12 bits per heavy atom. The second kappa shape index (κ2) is 5.65. The smallest absolute Gasteiger partial charge is 0.216 e. The van der Waals surface area contributed by atoms with Crippen LogP contribution in [0.25, 0.3) is 0 Å². The van der Waals surface area contributed by atoms with E-state index in [-0.39, 0.29) is 24.5 Å². The van der Waals surface area contributed by atoms with Crippen LogP contribution in [0, 0.1) is 0 Å². The normalized spacial score (nSPS) is 31.1. The van der Waals surface area contributed by atoms with Crippen LogP contribution in [0.15, 0.2) is 0 Å². The second-order valence-corrected chi connectivity index (χ2v) is 6.72. The van der Waals surface area contributed by atoms with Crippen molar-refractivity contribution in [3.63, 3.8) is 0 Å². The first kappa shape index (κ1) is 13.3. The van der Waals surface area contributed by atoms with E-state index in [2.05, 4.69) is 0 Å². The third-order valence-corrected chi connectivity index (χ3v) is 5.43. The molecular weight excluding hydrogens is 242 g/mol. The quantitative estimate of drug-likeness (QED) is 0.745. The number of fused-ring (bicyclic) bond motifs is 1. The summed E-state index contributed by atoms with van der Waals surface area (Å²) in [6, 6.07) is 0.0550. The van der Waals surface area contributed by atoms with Gasteiger partial charge in [0.1, 0.15) is 0 Å². The van der Waals surface area contributed by atoms with Crippen molar-refractivity contribution in [3.05, 3.63) is 0 Å². The lowest BCUT2D eigenvalue weighted by molar-refractivity contribution is -0.0587. The van der Waals surface area contributed by atoms with Crippen LogP contribution in [0.2, 0.25) is 0 Å².